The number of hydrogen-bond acceptors (Lipinski definition) is 2. The van der Waals surface area contributed by atoms with Crippen LogP contribution in [0.2, 0.25) is 0 Å². The van der Waals surface area contributed by atoms with Crippen LogP contribution in [-0.4, -0.2) is 18.4 Å². The number of hydrogen-bond donors (Lipinski definition) is 1. The van der Waals surface area contributed by atoms with Gasteiger partial charge in [0.1, 0.15) is 5.78 Å². The summed E-state index contributed by atoms with van der Waals surface area (Å²) in [5.41, 5.74) is 0. The van der Waals surface area contributed by atoms with Crippen LogP contribution in [0.3, 0.4) is 0 Å². The van der Waals surface area contributed by atoms with Gasteiger partial charge in [-0.15, -0.1) is 0 Å². The molecule has 0 spiro atoms. The van der Waals surface area contributed by atoms with Crippen LogP contribution in [0.4, 0.5) is 0 Å². The van der Waals surface area contributed by atoms with Gasteiger partial charge in [0, 0.05) is 25.4 Å². The van der Waals surface area contributed by atoms with Gasteiger partial charge in [-0.25, -0.2) is 0 Å². The van der Waals surface area contributed by atoms with Crippen molar-refractivity contribution in [1.82, 2.24) is 5.32 Å². The molecule has 2 fully saturated rings. The molecule has 0 unspecified atom stereocenters. The molecule has 0 amide bonds. The fraction of sp³-hybridized carbons (Fsp3) is 0.909. The van der Waals surface area contributed by atoms with Gasteiger partial charge in [-0.2, -0.15) is 0 Å². The summed E-state index contributed by atoms with van der Waals surface area (Å²) in [5.74, 6) is 1.36. The van der Waals surface area contributed by atoms with Crippen LogP contribution >= 0.6 is 0 Å². The number of carbonyl (C=O) groups excluding carboxylic acids is 1. The van der Waals surface area contributed by atoms with Crippen LogP contribution < -0.4 is 5.32 Å². The van der Waals surface area contributed by atoms with Crippen LogP contribution in [0.25, 0.3) is 0 Å². The zero-order chi connectivity index (χ0) is 9.10. The van der Waals surface area contributed by atoms with E-state index in [9.17, 15) is 4.79 Å². The fourth-order valence-electron chi connectivity index (χ4n) is 1.60. The molecule has 2 aliphatic rings. The molecular weight excluding hydrogens is 162 g/mol. The van der Waals surface area contributed by atoms with E-state index >= 15 is 0 Å². The SMILES string of the molecule is O=C(CCNC1CC1)CCC1CC1. The Bertz CT molecular complexity index is 183. The smallest absolute Gasteiger partial charge is 0.134 e. The Balaban J connectivity index is 1.44. The first-order chi connectivity index (χ1) is 6.34. The van der Waals surface area contributed by atoms with Crippen LogP contribution in [0.15, 0.2) is 0 Å². The lowest BCUT2D eigenvalue weighted by Gasteiger charge is -2.01. The lowest BCUT2D eigenvalue weighted by molar-refractivity contribution is -0.119. The van der Waals surface area contributed by atoms with E-state index in [1.54, 1.807) is 0 Å². The van der Waals surface area contributed by atoms with Gasteiger partial charge in [-0.1, -0.05) is 12.8 Å². The van der Waals surface area contributed by atoms with Crippen LogP contribution in [-0.2, 0) is 4.79 Å². The summed E-state index contributed by atoms with van der Waals surface area (Å²) in [5, 5.41) is 3.37. The number of rotatable bonds is 7. The average Bonchev–Trinajstić information content (AvgIpc) is 2.97. The van der Waals surface area contributed by atoms with Crippen LogP contribution in [0.5, 0.6) is 0 Å². The molecule has 0 aromatic heterocycles. The number of nitrogens with one attached hydrogen (secondary N) is 1. The van der Waals surface area contributed by atoms with E-state index in [-0.39, 0.29) is 0 Å². The fourth-order valence-corrected chi connectivity index (χ4v) is 1.60. The van der Waals surface area contributed by atoms with Gasteiger partial charge in [-0.3, -0.25) is 4.79 Å². The Morgan fingerprint density at radius 2 is 1.92 bits per heavy atom. The van der Waals surface area contributed by atoms with E-state index in [0.29, 0.717) is 5.78 Å². The molecule has 13 heavy (non-hydrogen) atoms. The molecule has 0 saturated heterocycles. The maximum Gasteiger partial charge on any atom is 0.134 e. The van der Waals surface area contributed by atoms with Crippen LogP contribution in [0, 0.1) is 5.92 Å². The third-order valence-corrected chi connectivity index (χ3v) is 2.94. The standard InChI is InChI=1S/C11H19NO/c13-11(6-3-9-1-2-9)7-8-12-10-4-5-10/h9-10,12H,1-8H2. The second kappa shape index (κ2) is 4.23. The van der Waals surface area contributed by atoms with Crippen molar-refractivity contribution in [1.29, 1.82) is 0 Å². The van der Waals surface area contributed by atoms with E-state index in [0.717, 1.165) is 37.8 Å². The van der Waals surface area contributed by atoms with E-state index in [2.05, 4.69) is 5.32 Å². The molecule has 0 aromatic carbocycles. The predicted molar refractivity (Wildman–Crippen MR) is 52.6 cm³/mol. The van der Waals surface area contributed by atoms with E-state index in [1.165, 1.54) is 25.7 Å². The van der Waals surface area contributed by atoms with Gasteiger partial charge >= 0.3 is 0 Å². The maximum absolute atomic E-state index is 11.3. The molecule has 0 aromatic rings. The third kappa shape index (κ3) is 3.90. The largest absolute Gasteiger partial charge is 0.314 e. The monoisotopic (exact) mass is 181 g/mol. The van der Waals surface area contributed by atoms with E-state index in [4.69, 9.17) is 0 Å². The van der Waals surface area contributed by atoms with Crippen LogP contribution in [0.1, 0.15) is 44.9 Å². The minimum absolute atomic E-state index is 0.458. The molecule has 0 bridgehead atoms. The second-order valence-corrected chi connectivity index (χ2v) is 4.50. The first-order valence-corrected chi connectivity index (χ1v) is 5.59. The summed E-state index contributed by atoms with van der Waals surface area (Å²) < 4.78 is 0. The molecule has 1 N–H and O–H groups in total. The molecule has 74 valence electrons. The van der Waals surface area contributed by atoms with Gasteiger partial charge in [0.25, 0.3) is 0 Å². The molecule has 0 aliphatic heterocycles. The summed E-state index contributed by atoms with van der Waals surface area (Å²) in [6.45, 7) is 0.911. The average molecular weight is 181 g/mol. The van der Waals surface area contributed by atoms with Crippen molar-refractivity contribution in [2.24, 2.45) is 5.92 Å². The van der Waals surface area contributed by atoms with Crippen molar-refractivity contribution in [3.05, 3.63) is 0 Å². The quantitative estimate of drug-likeness (QED) is 0.650. The molecule has 2 saturated carbocycles. The molecule has 2 heteroatoms. The zero-order valence-electron chi connectivity index (χ0n) is 8.22. The third-order valence-electron chi connectivity index (χ3n) is 2.94. The van der Waals surface area contributed by atoms with E-state index in [1.807, 2.05) is 0 Å². The lowest BCUT2D eigenvalue weighted by atomic mass is 10.1. The number of Topliss-reactive ketones (excluding diaryl/α,β-unsaturated/α-hetero) is 1. The highest BCUT2D eigenvalue weighted by atomic mass is 16.1. The number of carbonyl (C=O) groups is 1. The molecule has 0 radical (unpaired) electrons. The first kappa shape index (κ1) is 9.20. The first-order valence-electron chi connectivity index (χ1n) is 5.59. The molecule has 0 heterocycles. The minimum atomic E-state index is 0.458. The summed E-state index contributed by atoms with van der Waals surface area (Å²) in [6, 6.07) is 0.747. The highest BCUT2D eigenvalue weighted by molar-refractivity contribution is 5.78. The molecule has 2 aliphatic carbocycles. The Kier molecular flexibility index (Phi) is 2.99. The Labute approximate surface area is 80.1 Å². The summed E-state index contributed by atoms with van der Waals surface area (Å²) in [4.78, 5) is 11.3. The highest BCUT2D eigenvalue weighted by Gasteiger charge is 2.22. The summed E-state index contributed by atoms with van der Waals surface area (Å²) >= 11 is 0. The molecule has 2 rings (SSSR count). The van der Waals surface area contributed by atoms with Gasteiger partial charge in [0.05, 0.1) is 0 Å². The van der Waals surface area contributed by atoms with Gasteiger partial charge in [0.15, 0.2) is 0 Å². The predicted octanol–water partition coefficient (Wildman–Crippen LogP) is 1.89. The number of ketones is 1. The van der Waals surface area contributed by atoms with Crippen molar-refractivity contribution in [2.75, 3.05) is 6.54 Å². The summed E-state index contributed by atoms with van der Waals surface area (Å²) in [6.07, 6.45) is 8.11. The van der Waals surface area contributed by atoms with Crippen molar-refractivity contribution < 1.29 is 4.79 Å². The van der Waals surface area contributed by atoms with Gasteiger partial charge in [-0.05, 0) is 25.2 Å². The highest BCUT2D eigenvalue weighted by Crippen LogP contribution is 2.33. The Hall–Kier alpha value is -0.370. The zero-order valence-corrected chi connectivity index (χ0v) is 8.22. The summed E-state index contributed by atoms with van der Waals surface area (Å²) in [7, 11) is 0. The normalized spacial score (nSPS) is 21.8. The molecule has 0 atom stereocenters. The van der Waals surface area contributed by atoms with Crippen molar-refractivity contribution >= 4 is 5.78 Å². The molecule has 2 nitrogen and oxygen atoms in total. The van der Waals surface area contributed by atoms with Gasteiger partial charge in [0.2, 0.25) is 0 Å². The van der Waals surface area contributed by atoms with Crippen molar-refractivity contribution in [3.63, 3.8) is 0 Å². The van der Waals surface area contributed by atoms with Crippen molar-refractivity contribution in [3.8, 4) is 0 Å². The molecular formula is C11H19NO. The maximum atomic E-state index is 11.3. The minimum Gasteiger partial charge on any atom is -0.314 e. The van der Waals surface area contributed by atoms with Gasteiger partial charge < -0.3 is 5.32 Å². The Morgan fingerprint density at radius 3 is 2.54 bits per heavy atom. The lowest BCUT2D eigenvalue weighted by Crippen LogP contribution is -2.20. The van der Waals surface area contributed by atoms with E-state index < -0.39 is 0 Å². The second-order valence-electron chi connectivity index (χ2n) is 4.50. The van der Waals surface area contributed by atoms with Crippen molar-refractivity contribution in [2.45, 2.75) is 51.0 Å². The topological polar surface area (TPSA) is 29.1 Å². The Morgan fingerprint density at radius 1 is 1.15 bits per heavy atom.